The second kappa shape index (κ2) is 8.21. The van der Waals surface area contributed by atoms with Gasteiger partial charge in [0, 0.05) is 20.1 Å². The van der Waals surface area contributed by atoms with E-state index < -0.39 is 9.84 Å². The maximum atomic E-state index is 11.5. The van der Waals surface area contributed by atoms with E-state index in [2.05, 4.69) is 60.7 Å². The Morgan fingerprint density at radius 3 is 2.40 bits per heavy atom. The van der Waals surface area contributed by atoms with Crippen molar-refractivity contribution >= 4 is 15.8 Å². The minimum atomic E-state index is -2.82. The summed E-state index contributed by atoms with van der Waals surface area (Å²) < 4.78 is 23.0. The Morgan fingerprint density at radius 2 is 1.88 bits per heavy atom. The molecule has 1 unspecified atom stereocenters. The van der Waals surface area contributed by atoms with Crippen molar-refractivity contribution in [1.29, 1.82) is 0 Å². The van der Waals surface area contributed by atoms with Crippen molar-refractivity contribution in [2.75, 3.05) is 31.6 Å². The molecule has 0 saturated carbocycles. The minimum absolute atomic E-state index is 0.177. The van der Waals surface area contributed by atoms with Gasteiger partial charge in [0.1, 0.15) is 0 Å². The summed E-state index contributed by atoms with van der Waals surface area (Å²) in [5.74, 6) is 1.52. The van der Waals surface area contributed by atoms with Crippen LogP contribution in [0.3, 0.4) is 0 Å². The van der Waals surface area contributed by atoms with Crippen molar-refractivity contribution in [3.05, 3.63) is 35.4 Å². The summed E-state index contributed by atoms with van der Waals surface area (Å²) in [5.41, 5.74) is 2.81. The van der Waals surface area contributed by atoms with Gasteiger partial charge in [-0.05, 0) is 35.3 Å². The molecule has 25 heavy (non-hydrogen) atoms. The monoisotopic (exact) mass is 365 g/mol. The Labute approximate surface area is 152 Å². The van der Waals surface area contributed by atoms with Gasteiger partial charge < -0.3 is 10.6 Å². The fraction of sp³-hybridized carbons (Fsp3) is 0.632. The lowest BCUT2D eigenvalue weighted by molar-refractivity contribution is 0.567. The molecule has 0 spiro atoms. The van der Waals surface area contributed by atoms with Gasteiger partial charge in [0.25, 0.3) is 0 Å². The second-order valence-corrected chi connectivity index (χ2v) is 10.1. The van der Waals surface area contributed by atoms with Gasteiger partial charge in [-0.25, -0.2) is 8.42 Å². The highest BCUT2D eigenvalue weighted by Crippen LogP contribution is 2.22. The Hall–Kier alpha value is -1.56. The molecule has 1 aromatic carbocycles. The van der Waals surface area contributed by atoms with E-state index in [9.17, 15) is 8.42 Å². The highest BCUT2D eigenvalue weighted by molar-refractivity contribution is 7.91. The molecule has 1 heterocycles. The first-order valence-electron chi connectivity index (χ1n) is 8.94. The lowest BCUT2D eigenvalue weighted by atomic mass is 9.86. The van der Waals surface area contributed by atoms with E-state index in [1.165, 1.54) is 11.1 Å². The van der Waals surface area contributed by atoms with Crippen LogP contribution in [0, 0.1) is 5.92 Å². The van der Waals surface area contributed by atoms with Gasteiger partial charge in [-0.1, -0.05) is 45.0 Å². The molecule has 0 aromatic heterocycles. The number of nitrogens with one attached hydrogen (secondary N) is 2. The second-order valence-electron chi connectivity index (χ2n) is 7.85. The maximum absolute atomic E-state index is 11.5. The van der Waals surface area contributed by atoms with E-state index in [-0.39, 0.29) is 17.1 Å². The SMILES string of the molecule is CN=C(NCCc1ccc(C(C)(C)C)cc1)NCC1CCS(=O)(=O)C1. The standard InChI is InChI=1S/C19H31N3O2S/c1-19(2,3)17-7-5-15(6-8-17)9-11-21-18(20-4)22-13-16-10-12-25(23,24)14-16/h5-8,16H,9-14H2,1-4H3,(H2,20,21,22). The lowest BCUT2D eigenvalue weighted by Gasteiger charge is -2.19. The number of rotatable bonds is 5. The summed E-state index contributed by atoms with van der Waals surface area (Å²) in [7, 11) is -1.08. The number of sulfone groups is 1. The predicted molar refractivity (Wildman–Crippen MR) is 105 cm³/mol. The molecule has 0 bridgehead atoms. The zero-order valence-corrected chi connectivity index (χ0v) is 16.6. The van der Waals surface area contributed by atoms with Crippen LogP contribution in [-0.2, 0) is 21.7 Å². The van der Waals surface area contributed by atoms with E-state index in [0.717, 1.165) is 25.3 Å². The summed E-state index contributed by atoms with van der Waals surface area (Å²) in [6, 6.07) is 8.76. The predicted octanol–water partition coefficient (Wildman–Crippen LogP) is 2.13. The van der Waals surface area contributed by atoms with Gasteiger partial charge in [-0.15, -0.1) is 0 Å². The molecule has 2 rings (SSSR count). The summed E-state index contributed by atoms with van der Waals surface area (Å²) in [6.07, 6.45) is 1.66. The molecule has 140 valence electrons. The summed E-state index contributed by atoms with van der Waals surface area (Å²) in [6.45, 7) is 8.09. The van der Waals surface area contributed by atoms with Crippen LogP contribution in [0.1, 0.15) is 38.3 Å². The molecule has 1 saturated heterocycles. The Morgan fingerprint density at radius 1 is 1.20 bits per heavy atom. The Bertz CT molecular complexity index is 688. The molecule has 0 aliphatic carbocycles. The van der Waals surface area contributed by atoms with Crippen LogP contribution in [-0.4, -0.2) is 46.0 Å². The molecular formula is C19H31N3O2S. The van der Waals surface area contributed by atoms with Crippen molar-refractivity contribution in [2.45, 2.75) is 39.0 Å². The molecule has 0 radical (unpaired) electrons. The number of hydrogen-bond donors (Lipinski definition) is 2. The molecule has 1 aliphatic heterocycles. The normalized spacial score (nSPS) is 20.5. The zero-order chi connectivity index (χ0) is 18.5. The highest BCUT2D eigenvalue weighted by Gasteiger charge is 2.27. The summed E-state index contributed by atoms with van der Waals surface area (Å²) in [4.78, 5) is 4.21. The van der Waals surface area contributed by atoms with Gasteiger partial charge in [-0.3, -0.25) is 4.99 Å². The first-order valence-corrected chi connectivity index (χ1v) is 10.8. The zero-order valence-electron chi connectivity index (χ0n) is 15.8. The van der Waals surface area contributed by atoms with Crippen molar-refractivity contribution in [3.63, 3.8) is 0 Å². The van der Waals surface area contributed by atoms with Crippen LogP contribution in [0.25, 0.3) is 0 Å². The topological polar surface area (TPSA) is 70.6 Å². The van der Waals surface area contributed by atoms with Crippen LogP contribution >= 0.6 is 0 Å². The average molecular weight is 366 g/mol. The van der Waals surface area contributed by atoms with Gasteiger partial charge in [0.05, 0.1) is 11.5 Å². The Kier molecular flexibility index (Phi) is 6.49. The molecular weight excluding hydrogens is 334 g/mol. The third-order valence-electron chi connectivity index (χ3n) is 4.63. The number of benzene rings is 1. The minimum Gasteiger partial charge on any atom is -0.356 e. The van der Waals surface area contributed by atoms with Gasteiger partial charge in [-0.2, -0.15) is 0 Å². The number of aliphatic imine (C=N–C) groups is 1. The quantitative estimate of drug-likeness (QED) is 0.619. The van der Waals surface area contributed by atoms with Crippen LogP contribution in [0.2, 0.25) is 0 Å². The van der Waals surface area contributed by atoms with Crippen LogP contribution in [0.5, 0.6) is 0 Å². The van der Waals surface area contributed by atoms with Crippen molar-refractivity contribution in [2.24, 2.45) is 10.9 Å². The van der Waals surface area contributed by atoms with Crippen LogP contribution in [0.15, 0.2) is 29.3 Å². The highest BCUT2D eigenvalue weighted by atomic mass is 32.2. The fourth-order valence-corrected chi connectivity index (χ4v) is 4.85. The molecule has 1 fully saturated rings. The fourth-order valence-electron chi connectivity index (χ4n) is 2.99. The number of hydrogen-bond acceptors (Lipinski definition) is 3. The Balaban J connectivity index is 1.74. The van der Waals surface area contributed by atoms with Gasteiger partial charge in [0.15, 0.2) is 15.8 Å². The molecule has 1 aromatic rings. The largest absolute Gasteiger partial charge is 0.356 e. The molecule has 2 N–H and O–H groups in total. The van der Waals surface area contributed by atoms with E-state index in [4.69, 9.17) is 0 Å². The van der Waals surface area contributed by atoms with Crippen LogP contribution in [0.4, 0.5) is 0 Å². The smallest absolute Gasteiger partial charge is 0.190 e. The summed E-state index contributed by atoms with van der Waals surface area (Å²) in [5, 5.41) is 6.54. The first kappa shape index (κ1) is 19.8. The third kappa shape index (κ3) is 6.34. The van der Waals surface area contributed by atoms with Crippen molar-refractivity contribution in [1.82, 2.24) is 10.6 Å². The molecule has 6 heteroatoms. The number of guanidine groups is 1. The van der Waals surface area contributed by atoms with E-state index >= 15 is 0 Å². The lowest BCUT2D eigenvalue weighted by Crippen LogP contribution is -2.40. The molecule has 5 nitrogen and oxygen atoms in total. The third-order valence-corrected chi connectivity index (χ3v) is 6.47. The van der Waals surface area contributed by atoms with Crippen molar-refractivity contribution < 1.29 is 8.42 Å². The van der Waals surface area contributed by atoms with E-state index in [1.807, 2.05) is 0 Å². The average Bonchev–Trinajstić information content (AvgIpc) is 2.89. The van der Waals surface area contributed by atoms with Crippen LogP contribution < -0.4 is 10.6 Å². The molecule has 0 amide bonds. The van der Waals surface area contributed by atoms with E-state index in [0.29, 0.717) is 12.3 Å². The van der Waals surface area contributed by atoms with Gasteiger partial charge in [0.2, 0.25) is 0 Å². The van der Waals surface area contributed by atoms with Gasteiger partial charge >= 0.3 is 0 Å². The maximum Gasteiger partial charge on any atom is 0.190 e. The number of nitrogens with zero attached hydrogens (tertiary/aromatic N) is 1. The van der Waals surface area contributed by atoms with E-state index in [1.54, 1.807) is 7.05 Å². The van der Waals surface area contributed by atoms with Crippen molar-refractivity contribution in [3.8, 4) is 0 Å². The molecule has 1 aliphatic rings. The molecule has 1 atom stereocenters. The first-order chi connectivity index (χ1) is 11.7. The summed E-state index contributed by atoms with van der Waals surface area (Å²) >= 11 is 0.